The van der Waals surface area contributed by atoms with Crippen LogP contribution in [-0.4, -0.2) is 35.3 Å². The number of aromatic nitrogens is 1. The predicted molar refractivity (Wildman–Crippen MR) is 160 cm³/mol. The number of hydrogen-bond donors (Lipinski definition) is 0. The van der Waals surface area contributed by atoms with Crippen molar-refractivity contribution >= 4 is 29.1 Å². The molecule has 5 rings (SSSR count). The Morgan fingerprint density at radius 1 is 1.19 bits per heavy atom. The number of non-ortho nitro benzene ring substituents is 1. The summed E-state index contributed by atoms with van der Waals surface area (Å²) in [5, 5.41) is 11.2. The first-order chi connectivity index (χ1) is 20.6. The van der Waals surface area contributed by atoms with Crippen molar-refractivity contribution in [2.75, 3.05) is 13.7 Å². The van der Waals surface area contributed by atoms with Crippen molar-refractivity contribution in [1.29, 1.82) is 0 Å². The van der Waals surface area contributed by atoms with Crippen LogP contribution in [0.2, 0.25) is 0 Å². The van der Waals surface area contributed by atoms with Gasteiger partial charge >= 0.3 is 5.97 Å². The zero-order chi connectivity index (χ0) is 30.8. The molecule has 222 valence electrons. The van der Waals surface area contributed by atoms with E-state index < -0.39 is 16.9 Å². The number of hydrogen-bond acceptors (Lipinski definition) is 10. The summed E-state index contributed by atoms with van der Waals surface area (Å²) < 4.78 is 24.6. The van der Waals surface area contributed by atoms with Crippen LogP contribution in [0.25, 0.3) is 17.4 Å². The van der Waals surface area contributed by atoms with Gasteiger partial charge in [0.05, 0.1) is 52.2 Å². The molecule has 43 heavy (non-hydrogen) atoms. The van der Waals surface area contributed by atoms with E-state index in [0.29, 0.717) is 43.4 Å². The molecule has 0 spiro atoms. The average Bonchev–Trinajstić information content (AvgIpc) is 3.56. The Bertz CT molecular complexity index is 1930. The van der Waals surface area contributed by atoms with Crippen LogP contribution in [0.15, 0.2) is 80.1 Å². The molecule has 1 atom stereocenters. The Labute approximate surface area is 250 Å². The number of carbonyl (C=O) groups is 1. The molecule has 1 aliphatic rings. The molecule has 12 heteroatoms. The third-order valence-electron chi connectivity index (χ3n) is 6.65. The first kappa shape index (κ1) is 29.5. The van der Waals surface area contributed by atoms with Crippen molar-refractivity contribution in [2.45, 2.75) is 39.8 Å². The first-order valence-corrected chi connectivity index (χ1v) is 14.3. The smallest absolute Gasteiger partial charge is 0.338 e. The van der Waals surface area contributed by atoms with E-state index in [-0.39, 0.29) is 35.3 Å². The zero-order valence-corrected chi connectivity index (χ0v) is 25.0. The van der Waals surface area contributed by atoms with Crippen LogP contribution >= 0.6 is 11.3 Å². The lowest BCUT2D eigenvalue weighted by atomic mass is 9.95. The van der Waals surface area contributed by atoms with E-state index in [1.807, 2.05) is 32.0 Å². The van der Waals surface area contributed by atoms with Crippen molar-refractivity contribution < 1.29 is 28.3 Å². The number of carbonyl (C=O) groups excluding carboxylic acids is 1. The predicted octanol–water partition coefficient (Wildman–Crippen LogP) is 4.76. The van der Waals surface area contributed by atoms with Gasteiger partial charge in [-0.1, -0.05) is 29.5 Å². The average molecular weight is 604 g/mol. The quantitative estimate of drug-likeness (QED) is 0.152. The van der Waals surface area contributed by atoms with E-state index in [4.69, 9.17) is 18.6 Å². The Morgan fingerprint density at radius 3 is 2.65 bits per heavy atom. The number of methoxy groups -OCH3 is 1. The SMILES string of the molecule is CCOC(=O)C1=C(C)N=c2s/c(=C/c3ccc(-c4ccc([N+](=O)[O-])cc4OC)o3)c(=O)n2[C@@H]1c1ccccc1OC(C)C. The summed E-state index contributed by atoms with van der Waals surface area (Å²) in [4.78, 5) is 42.9. The highest BCUT2D eigenvalue weighted by atomic mass is 32.1. The van der Waals surface area contributed by atoms with Crippen molar-refractivity contribution in [3.05, 3.63) is 107 Å². The molecule has 0 N–H and O–H groups in total. The summed E-state index contributed by atoms with van der Waals surface area (Å²) >= 11 is 1.17. The van der Waals surface area contributed by atoms with Gasteiger partial charge in [0.2, 0.25) is 0 Å². The van der Waals surface area contributed by atoms with Crippen molar-refractivity contribution in [2.24, 2.45) is 4.99 Å². The molecule has 0 fully saturated rings. The largest absolute Gasteiger partial charge is 0.496 e. The van der Waals surface area contributed by atoms with Gasteiger partial charge in [-0.2, -0.15) is 0 Å². The maximum Gasteiger partial charge on any atom is 0.338 e. The molecule has 0 radical (unpaired) electrons. The molecule has 0 bridgehead atoms. The minimum Gasteiger partial charge on any atom is -0.496 e. The van der Waals surface area contributed by atoms with Crippen LogP contribution in [0.1, 0.15) is 45.1 Å². The normalized spacial score (nSPS) is 14.8. The minimum atomic E-state index is -0.830. The van der Waals surface area contributed by atoms with Crippen molar-refractivity contribution in [3.8, 4) is 22.8 Å². The number of benzene rings is 2. The van der Waals surface area contributed by atoms with Crippen molar-refractivity contribution in [3.63, 3.8) is 0 Å². The number of ether oxygens (including phenoxy) is 3. The monoisotopic (exact) mass is 603 g/mol. The third kappa shape index (κ3) is 5.73. The number of nitro groups is 1. The molecule has 3 heterocycles. The van der Waals surface area contributed by atoms with E-state index in [9.17, 15) is 19.7 Å². The van der Waals surface area contributed by atoms with Gasteiger partial charge in [-0.05, 0) is 52.0 Å². The fourth-order valence-electron chi connectivity index (χ4n) is 4.85. The zero-order valence-electron chi connectivity index (χ0n) is 24.2. The highest BCUT2D eigenvalue weighted by molar-refractivity contribution is 7.07. The summed E-state index contributed by atoms with van der Waals surface area (Å²) in [5.74, 6) is 1.04. The van der Waals surface area contributed by atoms with Gasteiger partial charge in [0.25, 0.3) is 11.2 Å². The van der Waals surface area contributed by atoms with Gasteiger partial charge in [-0.15, -0.1) is 0 Å². The van der Waals surface area contributed by atoms with E-state index in [2.05, 4.69) is 4.99 Å². The molecule has 0 saturated heterocycles. The summed E-state index contributed by atoms with van der Waals surface area (Å²) in [7, 11) is 1.42. The number of fused-ring (bicyclic) bond motifs is 1. The number of nitro benzene ring substituents is 1. The van der Waals surface area contributed by atoms with Crippen LogP contribution in [0.3, 0.4) is 0 Å². The van der Waals surface area contributed by atoms with Crippen molar-refractivity contribution in [1.82, 2.24) is 4.57 Å². The van der Waals surface area contributed by atoms with Crippen LogP contribution in [0.5, 0.6) is 11.5 Å². The Kier molecular flexibility index (Phi) is 8.31. The van der Waals surface area contributed by atoms with Gasteiger partial charge in [0, 0.05) is 17.7 Å². The molecule has 0 amide bonds. The fourth-order valence-corrected chi connectivity index (χ4v) is 5.88. The highest BCUT2D eigenvalue weighted by Crippen LogP contribution is 2.37. The van der Waals surface area contributed by atoms with Gasteiger partial charge in [0.1, 0.15) is 29.1 Å². The van der Waals surface area contributed by atoms with Crippen LogP contribution in [0.4, 0.5) is 5.69 Å². The minimum absolute atomic E-state index is 0.110. The second kappa shape index (κ2) is 12.1. The van der Waals surface area contributed by atoms with Crippen LogP contribution in [-0.2, 0) is 9.53 Å². The second-order valence-electron chi connectivity index (χ2n) is 9.85. The molecule has 2 aromatic heterocycles. The van der Waals surface area contributed by atoms with Crippen LogP contribution in [0, 0.1) is 10.1 Å². The third-order valence-corrected chi connectivity index (χ3v) is 7.64. The number of esters is 1. The number of rotatable bonds is 9. The maximum atomic E-state index is 14.0. The molecule has 2 aromatic carbocycles. The molecule has 0 unspecified atom stereocenters. The summed E-state index contributed by atoms with van der Waals surface area (Å²) in [5.41, 5.74) is 1.37. The van der Waals surface area contributed by atoms with E-state index in [0.717, 1.165) is 0 Å². The summed E-state index contributed by atoms with van der Waals surface area (Å²) in [6.07, 6.45) is 1.46. The number of thiazole rings is 1. The Morgan fingerprint density at radius 2 is 1.95 bits per heavy atom. The standard InChI is InChI=1S/C31H29N3O8S/c1-6-40-30(36)27-18(4)32-31-33(28(27)22-9-7-8-10-23(22)41-17(2)3)29(35)26(43-31)16-20-12-14-24(42-20)21-13-11-19(34(37)38)15-25(21)39-5/h7-17,28H,6H2,1-5H3/b26-16+/t28-/m1/s1. The van der Waals surface area contributed by atoms with Gasteiger partial charge in [0.15, 0.2) is 4.80 Å². The highest BCUT2D eigenvalue weighted by Gasteiger charge is 2.35. The van der Waals surface area contributed by atoms with Gasteiger partial charge in [-0.3, -0.25) is 19.5 Å². The second-order valence-corrected chi connectivity index (χ2v) is 10.9. The molecule has 4 aromatic rings. The Hall–Kier alpha value is -4.97. The van der Waals surface area contributed by atoms with Gasteiger partial charge in [-0.25, -0.2) is 9.79 Å². The van der Waals surface area contributed by atoms with E-state index in [1.54, 1.807) is 44.2 Å². The number of furan rings is 1. The Balaban J connectivity index is 1.64. The molecule has 0 saturated carbocycles. The first-order valence-electron chi connectivity index (χ1n) is 13.5. The van der Waals surface area contributed by atoms with E-state index in [1.165, 1.54) is 35.1 Å². The summed E-state index contributed by atoms with van der Waals surface area (Å²) in [6, 6.07) is 14.1. The molecule has 0 aliphatic carbocycles. The lowest BCUT2D eigenvalue weighted by Crippen LogP contribution is -2.40. The van der Waals surface area contributed by atoms with Crippen LogP contribution < -0.4 is 24.4 Å². The molecule has 1 aliphatic heterocycles. The summed E-state index contributed by atoms with van der Waals surface area (Å²) in [6.45, 7) is 7.41. The van der Waals surface area contributed by atoms with Gasteiger partial charge < -0.3 is 18.6 Å². The number of nitrogens with zero attached hydrogens (tertiary/aromatic N) is 3. The maximum absolute atomic E-state index is 14.0. The van der Waals surface area contributed by atoms with E-state index >= 15 is 0 Å². The molecule has 11 nitrogen and oxygen atoms in total. The lowest BCUT2D eigenvalue weighted by Gasteiger charge is -2.26. The molecular formula is C31H29N3O8S. The molecular weight excluding hydrogens is 574 g/mol. The number of para-hydroxylation sites is 1. The topological polar surface area (TPSA) is 135 Å². The number of allylic oxidation sites excluding steroid dienone is 1. The lowest BCUT2D eigenvalue weighted by molar-refractivity contribution is -0.384. The fraction of sp³-hybridized carbons (Fsp3) is 0.258.